The predicted molar refractivity (Wildman–Crippen MR) is 144 cm³/mol. The third-order valence-corrected chi connectivity index (χ3v) is 6.91. The van der Waals surface area contributed by atoms with E-state index < -0.39 is 44.9 Å². The normalized spacial score (nSPS) is 12.4. The van der Waals surface area contributed by atoms with E-state index in [0.29, 0.717) is 5.56 Å². The summed E-state index contributed by atoms with van der Waals surface area (Å²) in [5, 5.41) is 14.2. The maximum atomic E-state index is 13.6. The van der Waals surface area contributed by atoms with Gasteiger partial charge in [-0.05, 0) is 51.5 Å². The van der Waals surface area contributed by atoms with Crippen LogP contribution in [0.1, 0.15) is 33.3 Å². The molecule has 2 aromatic rings. The molecule has 2 rings (SSSR count). The number of carbonyl (C=O) groups excluding carboxylic acids is 2. The number of carbonyl (C=O) groups is 2. The van der Waals surface area contributed by atoms with Crippen molar-refractivity contribution in [2.75, 3.05) is 24.2 Å². The van der Waals surface area contributed by atoms with Crippen LogP contribution in [0.25, 0.3) is 0 Å². The van der Waals surface area contributed by atoms with Crippen molar-refractivity contribution < 1.29 is 27.7 Å². The number of halogens is 1. The lowest BCUT2D eigenvalue weighted by atomic mass is 10.1. The Morgan fingerprint density at radius 1 is 1.16 bits per heavy atom. The largest absolute Gasteiger partial charge is 0.495 e. The molecule has 0 aliphatic rings. The highest BCUT2D eigenvalue weighted by molar-refractivity contribution is 9.10. The number of hydrogen-bond acceptors (Lipinski definition) is 7. The summed E-state index contributed by atoms with van der Waals surface area (Å²) in [4.78, 5) is 38.5. The molecule has 37 heavy (non-hydrogen) atoms. The lowest BCUT2D eigenvalue weighted by Gasteiger charge is -2.33. The summed E-state index contributed by atoms with van der Waals surface area (Å²) < 4.78 is 32.3. The number of nitrogens with one attached hydrogen (secondary N) is 1. The molecular weight excluding hydrogens is 568 g/mol. The molecule has 0 heterocycles. The first-order valence-electron chi connectivity index (χ1n) is 11.2. The Morgan fingerprint density at radius 2 is 1.76 bits per heavy atom. The number of ether oxygens (including phenoxy) is 1. The average molecular weight is 600 g/mol. The predicted octanol–water partition coefficient (Wildman–Crippen LogP) is 3.46. The summed E-state index contributed by atoms with van der Waals surface area (Å²) >= 11 is 3.36. The third-order valence-electron chi connectivity index (χ3n) is 5.25. The highest BCUT2D eigenvalue weighted by Crippen LogP contribution is 2.34. The second kappa shape index (κ2) is 11.9. The summed E-state index contributed by atoms with van der Waals surface area (Å²) in [5.41, 5.74) is -0.387. The highest BCUT2D eigenvalue weighted by Gasteiger charge is 2.32. The lowest BCUT2D eigenvalue weighted by molar-refractivity contribution is -0.384. The quantitative estimate of drug-likeness (QED) is 0.326. The summed E-state index contributed by atoms with van der Waals surface area (Å²) in [6.45, 7) is 6.28. The van der Waals surface area contributed by atoms with Gasteiger partial charge in [-0.2, -0.15) is 0 Å². The smallest absolute Gasteiger partial charge is 0.271 e. The molecule has 0 bridgehead atoms. The Balaban J connectivity index is 2.52. The van der Waals surface area contributed by atoms with Gasteiger partial charge >= 0.3 is 0 Å². The van der Waals surface area contributed by atoms with E-state index in [1.54, 1.807) is 52.0 Å². The van der Waals surface area contributed by atoms with E-state index >= 15 is 0 Å². The molecule has 0 spiro atoms. The van der Waals surface area contributed by atoms with E-state index in [4.69, 9.17) is 4.74 Å². The first kappa shape index (κ1) is 30.0. The number of amides is 2. The van der Waals surface area contributed by atoms with Crippen molar-refractivity contribution >= 4 is 49.1 Å². The minimum Gasteiger partial charge on any atom is -0.495 e. The molecule has 11 nitrogen and oxygen atoms in total. The Labute approximate surface area is 225 Å². The van der Waals surface area contributed by atoms with Gasteiger partial charge in [-0.3, -0.25) is 24.0 Å². The average Bonchev–Trinajstić information content (AvgIpc) is 2.79. The molecule has 1 N–H and O–H groups in total. The molecular formula is C24H31BrN4O7S. The van der Waals surface area contributed by atoms with Crippen LogP contribution in [-0.2, 0) is 26.2 Å². The van der Waals surface area contributed by atoms with Gasteiger partial charge in [0, 0.05) is 28.7 Å². The Bertz CT molecular complexity index is 1260. The maximum Gasteiger partial charge on any atom is 0.271 e. The maximum absolute atomic E-state index is 13.6. The fraction of sp³-hybridized carbons (Fsp3) is 0.417. The van der Waals surface area contributed by atoms with Crippen LogP contribution < -0.4 is 14.4 Å². The number of nitro benzene ring substituents is 1. The number of non-ortho nitro benzene ring substituents is 1. The Kier molecular flexibility index (Phi) is 9.66. The fourth-order valence-corrected chi connectivity index (χ4v) is 4.53. The van der Waals surface area contributed by atoms with Crippen LogP contribution in [0, 0.1) is 10.1 Å². The molecule has 0 saturated heterocycles. The van der Waals surface area contributed by atoms with Crippen molar-refractivity contribution in [2.24, 2.45) is 0 Å². The standard InChI is InChI=1S/C24H31BrN4O7S/c1-16(23(31)26-24(2,3)4)27(14-17-7-9-18(25)10-8-17)22(30)15-28(37(6,34)35)20-13-19(29(32)33)11-12-21(20)36-5/h7-13,16H,14-15H2,1-6H3,(H,26,31). The molecule has 0 radical (unpaired) electrons. The van der Waals surface area contributed by atoms with Gasteiger partial charge in [0.05, 0.1) is 18.3 Å². The molecule has 0 saturated carbocycles. The van der Waals surface area contributed by atoms with Gasteiger partial charge in [0.1, 0.15) is 24.0 Å². The topological polar surface area (TPSA) is 139 Å². The Hall–Kier alpha value is -3.19. The molecule has 1 unspecified atom stereocenters. The number of nitrogens with zero attached hydrogens (tertiary/aromatic N) is 3. The van der Waals surface area contributed by atoms with E-state index in [1.165, 1.54) is 24.1 Å². The summed E-state index contributed by atoms with van der Waals surface area (Å²) in [7, 11) is -2.81. The van der Waals surface area contributed by atoms with Crippen molar-refractivity contribution in [3.63, 3.8) is 0 Å². The minimum absolute atomic E-state index is 0.0223. The molecule has 202 valence electrons. The summed E-state index contributed by atoms with van der Waals surface area (Å²) in [5.74, 6) is -1.07. The van der Waals surface area contributed by atoms with Gasteiger partial charge in [-0.25, -0.2) is 8.42 Å². The molecule has 0 aliphatic carbocycles. The van der Waals surface area contributed by atoms with Crippen molar-refractivity contribution in [1.82, 2.24) is 10.2 Å². The third kappa shape index (κ3) is 8.42. The van der Waals surface area contributed by atoms with Crippen LogP contribution in [0.2, 0.25) is 0 Å². The first-order chi connectivity index (χ1) is 17.0. The second-order valence-electron chi connectivity index (χ2n) is 9.45. The van der Waals surface area contributed by atoms with E-state index in [-0.39, 0.29) is 23.7 Å². The second-order valence-corrected chi connectivity index (χ2v) is 12.3. The summed E-state index contributed by atoms with van der Waals surface area (Å²) in [6.07, 6.45) is 0.882. The number of benzene rings is 2. The number of nitro groups is 1. The Morgan fingerprint density at radius 3 is 2.24 bits per heavy atom. The lowest BCUT2D eigenvalue weighted by Crippen LogP contribution is -2.54. The van der Waals surface area contributed by atoms with Crippen LogP contribution in [0.5, 0.6) is 5.75 Å². The first-order valence-corrected chi connectivity index (χ1v) is 13.8. The van der Waals surface area contributed by atoms with Gasteiger partial charge in [0.15, 0.2) is 0 Å². The van der Waals surface area contributed by atoms with E-state index in [9.17, 15) is 28.1 Å². The zero-order chi connectivity index (χ0) is 28.1. The van der Waals surface area contributed by atoms with E-state index in [1.807, 2.05) is 0 Å². The van der Waals surface area contributed by atoms with Crippen molar-refractivity contribution in [2.45, 2.75) is 45.8 Å². The SMILES string of the molecule is COc1ccc([N+](=O)[O-])cc1N(CC(=O)N(Cc1ccc(Br)cc1)C(C)C(=O)NC(C)(C)C)S(C)(=O)=O. The number of sulfonamides is 1. The fourth-order valence-electron chi connectivity index (χ4n) is 3.42. The molecule has 2 amide bonds. The molecule has 13 heteroatoms. The van der Waals surface area contributed by atoms with Crippen LogP contribution in [-0.4, -0.2) is 61.5 Å². The van der Waals surface area contributed by atoms with Crippen LogP contribution in [0.4, 0.5) is 11.4 Å². The minimum atomic E-state index is -4.10. The van der Waals surface area contributed by atoms with Gasteiger partial charge in [0.2, 0.25) is 21.8 Å². The zero-order valence-corrected chi connectivity index (χ0v) is 23.9. The molecule has 0 aliphatic heterocycles. The van der Waals surface area contributed by atoms with Crippen LogP contribution >= 0.6 is 15.9 Å². The van der Waals surface area contributed by atoms with Gasteiger partial charge in [0.25, 0.3) is 5.69 Å². The number of hydrogen-bond donors (Lipinski definition) is 1. The van der Waals surface area contributed by atoms with Crippen molar-refractivity contribution in [3.8, 4) is 5.75 Å². The highest BCUT2D eigenvalue weighted by atomic mass is 79.9. The van der Waals surface area contributed by atoms with Gasteiger partial charge < -0.3 is 15.0 Å². The monoisotopic (exact) mass is 598 g/mol. The van der Waals surface area contributed by atoms with Crippen LogP contribution in [0.15, 0.2) is 46.9 Å². The van der Waals surface area contributed by atoms with Crippen molar-refractivity contribution in [3.05, 3.63) is 62.6 Å². The van der Waals surface area contributed by atoms with E-state index in [2.05, 4.69) is 21.2 Å². The van der Waals surface area contributed by atoms with E-state index in [0.717, 1.165) is 21.1 Å². The zero-order valence-electron chi connectivity index (χ0n) is 21.5. The van der Waals surface area contributed by atoms with Crippen LogP contribution in [0.3, 0.4) is 0 Å². The number of anilines is 1. The number of rotatable bonds is 10. The molecule has 1 atom stereocenters. The number of methoxy groups -OCH3 is 1. The molecule has 0 aromatic heterocycles. The van der Waals surface area contributed by atoms with Gasteiger partial charge in [-0.1, -0.05) is 28.1 Å². The van der Waals surface area contributed by atoms with Gasteiger partial charge in [-0.15, -0.1) is 0 Å². The molecule has 0 fully saturated rings. The summed E-state index contributed by atoms with van der Waals surface area (Å²) in [6, 6.07) is 9.63. The van der Waals surface area contributed by atoms with Crippen molar-refractivity contribution in [1.29, 1.82) is 0 Å². The molecule has 2 aromatic carbocycles.